The van der Waals surface area contributed by atoms with Gasteiger partial charge in [-0.2, -0.15) is 0 Å². The van der Waals surface area contributed by atoms with Gasteiger partial charge in [0.25, 0.3) is 23.6 Å². The zero-order chi connectivity index (χ0) is 85.2. The molecule has 120 heavy (non-hydrogen) atoms. The van der Waals surface area contributed by atoms with Gasteiger partial charge in [0.05, 0.1) is 34.3 Å². The molecule has 0 aromatic heterocycles. The first-order valence-corrected chi connectivity index (χ1v) is 40.2. The molecule has 0 unspecified atom stereocenters. The summed E-state index contributed by atoms with van der Waals surface area (Å²) in [5.41, 5.74) is 3.37. The highest BCUT2D eigenvalue weighted by atomic mass is 35.5. The number of nitrogens with one attached hydrogen (secondary N) is 4. The monoisotopic (exact) mass is 1730 g/mol. The van der Waals surface area contributed by atoms with Crippen molar-refractivity contribution in [2.45, 2.75) is 132 Å². The van der Waals surface area contributed by atoms with Crippen LogP contribution in [0.25, 0.3) is 0 Å². The van der Waals surface area contributed by atoms with E-state index >= 15 is 0 Å². The lowest BCUT2D eigenvalue weighted by Crippen LogP contribution is -2.75. The second-order valence-corrected chi connectivity index (χ2v) is 35.4. The van der Waals surface area contributed by atoms with Gasteiger partial charge in [0.2, 0.25) is 0 Å². The maximum absolute atomic E-state index is 13.5. The summed E-state index contributed by atoms with van der Waals surface area (Å²) in [6.45, 7) is -0.804. The van der Waals surface area contributed by atoms with Crippen LogP contribution in [-0.4, -0.2) is 138 Å². The second kappa shape index (κ2) is 35.7. The molecular weight excluding hydrogens is 1640 g/mol. The molecule has 20 nitrogen and oxygen atoms in total. The highest BCUT2D eigenvalue weighted by Crippen LogP contribution is 2.72. The Bertz CT molecular complexity index is 5210. The van der Waals surface area contributed by atoms with Gasteiger partial charge in [-0.05, 0) is 214 Å². The van der Waals surface area contributed by atoms with Crippen molar-refractivity contribution in [1.29, 1.82) is 0 Å². The number of carbonyl (C=O) groups excluding carboxylic acids is 8. The molecule has 8 bridgehead atoms. The Morgan fingerprint density at radius 3 is 0.983 bits per heavy atom. The molecule has 29 heteroatoms. The minimum absolute atomic E-state index is 0. The largest absolute Gasteiger partial charge is 0.497 e. The molecule has 4 amide bonds. The lowest BCUT2D eigenvalue weighted by atomic mass is 9.38. The van der Waals surface area contributed by atoms with Crippen molar-refractivity contribution >= 4 is 105 Å². The van der Waals surface area contributed by atoms with Crippen molar-refractivity contribution in [2.24, 2.45) is 21.7 Å². The van der Waals surface area contributed by atoms with Crippen molar-refractivity contribution < 1.29 is 88.7 Å². The molecule has 0 heterocycles. The molecule has 634 valence electrons. The van der Waals surface area contributed by atoms with E-state index in [0.29, 0.717) is 56.1 Å². The summed E-state index contributed by atoms with van der Waals surface area (Å²) in [5.74, 6) is -1.85. The molecule has 12 aliphatic rings. The average molecular weight is 1730 g/mol. The number of methoxy groups -OCH3 is 2. The van der Waals surface area contributed by atoms with Crippen LogP contribution in [-0.2, 0) is 19.2 Å². The number of carbonyl (C=O) groups is 8. The molecule has 12 aliphatic carbocycles. The number of Topliss-reactive ketones (excluding diaryl/α,β-unsaturated/α-hetero) is 4. The van der Waals surface area contributed by atoms with E-state index in [1.165, 1.54) is 73.8 Å². The van der Waals surface area contributed by atoms with Crippen molar-refractivity contribution in [3.63, 3.8) is 0 Å². The fraction of sp³-hybridized carbons (Fsp3) is 0.385. The van der Waals surface area contributed by atoms with Crippen LogP contribution >= 0.6 is 46.4 Å². The predicted octanol–water partition coefficient (Wildman–Crippen LogP) is 17.6. The van der Waals surface area contributed by atoms with E-state index in [1.807, 2.05) is 86.5 Å². The van der Waals surface area contributed by atoms with Gasteiger partial charge in [-0.15, -0.1) is 0 Å². The molecule has 20 rings (SSSR count). The van der Waals surface area contributed by atoms with E-state index in [9.17, 15) is 60.3 Å². The van der Waals surface area contributed by atoms with Gasteiger partial charge in [0.1, 0.15) is 52.0 Å². The minimum Gasteiger partial charge on any atom is -0.497 e. The summed E-state index contributed by atoms with van der Waals surface area (Å²) in [5, 5.41) is 12.0. The SMILES string of the molecule is C.CN(C)c1cccc(C(=O)CC23CC(NC(=O)COc4ccc(Cl)c(F)c4)(C2)C3)c1.CN(C)c1ccccc1C(=O)CC12CC(NC(=O)COc3ccc(Cl)c(F)c3)(C1)C2.COc1cc(C(=O)CC23CC(NC(=O)COc4ccc(Cl)c(F)c4)(C2)C3)ccc1F.COc1ccc(C(=O)CC23CC(NC(=O)COc4ccc(Cl)c(F)c4)(C2)C3)cc1. The molecule has 0 aliphatic heterocycles. The summed E-state index contributed by atoms with van der Waals surface area (Å²) in [6, 6.07) is 42.7. The summed E-state index contributed by atoms with van der Waals surface area (Å²) in [7, 11) is 10.7. The van der Waals surface area contributed by atoms with Crippen molar-refractivity contribution in [3.05, 3.63) is 235 Å². The van der Waals surface area contributed by atoms with Gasteiger partial charge in [-0.25, -0.2) is 22.0 Å². The van der Waals surface area contributed by atoms with Crippen LogP contribution in [0.5, 0.6) is 34.5 Å². The molecule has 0 atom stereocenters. The molecule has 12 saturated carbocycles. The lowest BCUT2D eigenvalue weighted by molar-refractivity contribution is -0.165. The Morgan fingerprint density at radius 1 is 0.342 bits per heavy atom. The number of halogens is 9. The number of nitrogens with zero attached hydrogens (tertiary/aromatic N) is 2. The van der Waals surface area contributed by atoms with Gasteiger partial charge >= 0.3 is 0 Å². The Balaban J connectivity index is 0.000000146. The van der Waals surface area contributed by atoms with Gasteiger partial charge < -0.3 is 59.5 Å². The number of amides is 4. The Kier molecular flexibility index (Phi) is 26.4. The van der Waals surface area contributed by atoms with Crippen LogP contribution in [0.1, 0.15) is 152 Å². The smallest absolute Gasteiger partial charge is 0.258 e. The third-order valence-electron chi connectivity index (χ3n) is 23.6. The van der Waals surface area contributed by atoms with Gasteiger partial charge in [-0.3, -0.25) is 38.4 Å². The van der Waals surface area contributed by atoms with Crippen LogP contribution in [0.3, 0.4) is 0 Å². The minimum atomic E-state index is -0.612. The number of ketones is 4. The Labute approximate surface area is 712 Å². The Morgan fingerprint density at radius 2 is 0.658 bits per heavy atom. The fourth-order valence-electron chi connectivity index (χ4n) is 18.9. The van der Waals surface area contributed by atoms with Crippen LogP contribution in [0.4, 0.5) is 33.3 Å². The molecule has 0 spiro atoms. The molecule has 0 saturated heterocycles. The number of hydrogen-bond donors (Lipinski definition) is 4. The number of hydrogen-bond acceptors (Lipinski definition) is 16. The summed E-state index contributed by atoms with van der Waals surface area (Å²) >= 11 is 22.5. The van der Waals surface area contributed by atoms with Gasteiger partial charge in [-0.1, -0.05) is 78.1 Å². The van der Waals surface area contributed by atoms with Gasteiger partial charge in [0, 0.05) is 134 Å². The third kappa shape index (κ3) is 20.2. The number of rotatable bonds is 32. The first-order valence-electron chi connectivity index (χ1n) is 38.7. The van der Waals surface area contributed by atoms with E-state index in [4.69, 9.17) is 74.8 Å². The summed E-state index contributed by atoms with van der Waals surface area (Å²) in [6.07, 6.45) is 11.2. The third-order valence-corrected chi connectivity index (χ3v) is 24.8. The zero-order valence-electron chi connectivity index (χ0n) is 66.2. The lowest BCUT2D eigenvalue weighted by Gasteiger charge is -2.70. The maximum atomic E-state index is 13.5. The van der Waals surface area contributed by atoms with E-state index in [-0.39, 0.29) is 173 Å². The highest BCUT2D eigenvalue weighted by Gasteiger charge is 2.71. The van der Waals surface area contributed by atoms with Crippen LogP contribution in [0, 0.1) is 50.7 Å². The molecule has 4 N–H and O–H groups in total. The number of ether oxygens (including phenoxy) is 6. The first-order chi connectivity index (χ1) is 56.4. The molecule has 12 fully saturated rings. The second-order valence-electron chi connectivity index (χ2n) is 33.7. The van der Waals surface area contributed by atoms with Gasteiger partial charge in [0.15, 0.2) is 61.1 Å². The number of para-hydroxylation sites is 1. The van der Waals surface area contributed by atoms with Crippen molar-refractivity contribution in [1.82, 2.24) is 21.3 Å². The van der Waals surface area contributed by atoms with Crippen LogP contribution in [0.2, 0.25) is 20.1 Å². The first kappa shape index (κ1) is 88.8. The molecule has 8 aromatic carbocycles. The fourth-order valence-corrected chi connectivity index (χ4v) is 19.4. The summed E-state index contributed by atoms with van der Waals surface area (Å²) in [4.78, 5) is 103. The number of anilines is 2. The standard InChI is InChI=1S/2C23H24ClFN2O3.C22H20ClF2NO4.C22H21ClFNO4.CH4/c1-27(2)16-5-3-4-15(8-16)20(28)10-22-12-23(13-22,14-22)26-21(29)11-30-17-6-7-18(24)19(25)9-17;1-27(2)19-6-4-3-5-16(19)20(28)10-22-12-23(13-22,14-22)26-21(29)11-30-15-7-8-17(24)18(25)9-15;1-29-19-6-13(2-5-16(19)24)18(27)8-21-10-22(11-21,12-21)26-20(28)9-30-14-3-4-15(23)17(25)7-14;1-28-15-4-2-14(3-5-15)19(26)9-21-11-22(12-21,13-21)25-20(27)10-29-16-6-7-17(23)18(24)8-16;/h2*3-9H,10-14H2,1-2H3,(H,26,29);2-7H,8-12H2,1H3,(H,26,28);2-8H,9-13H2,1H3,(H,25,27);1H4. The Hall–Kier alpha value is -10.5. The van der Waals surface area contributed by atoms with Crippen molar-refractivity contribution in [2.75, 3.05) is 78.6 Å². The molecular formula is C91H93Cl4F5N6O14. The molecule has 8 aromatic rings. The maximum Gasteiger partial charge on any atom is 0.258 e. The summed E-state index contributed by atoms with van der Waals surface area (Å²) < 4.78 is 98.6. The molecule has 0 radical (unpaired) electrons. The highest BCUT2D eigenvalue weighted by molar-refractivity contribution is 6.31. The zero-order valence-corrected chi connectivity index (χ0v) is 69.3. The van der Waals surface area contributed by atoms with E-state index in [2.05, 4.69) is 21.3 Å². The quantitative estimate of drug-likeness (QED) is 0.0226. The topological polar surface area (TPSA) is 247 Å². The van der Waals surface area contributed by atoms with Crippen LogP contribution < -0.4 is 59.5 Å². The average Bonchev–Trinajstić information content (AvgIpc) is 0.699. The van der Waals surface area contributed by atoms with Crippen LogP contribution in [0.15, 0.2) is 164 Å². The predicted molar refractivity (Wildman–Crippen MR) is 446 cm³/mol. The van der Waals surface area contributed by atoms with E-state index in [1.54, 1.807) is 31.4 Å². The van der Waals surface area contributed by atoms with E-state index < -0.39 is 29.1 Å². The normalized spacial score (nSPS) is 23.6. The van der Waals surface area contributed by atoms with Crippen molar-refractivity contribution in [3.8, 4) is 34.5 Å². The number of benzene rings is 8. The van der Waals surface area contributed by atoms with E-state index in [0.717, 1.165) is 110 Å².